The zero-order valence-corrected chi connectivity index (χ0v) is 10.6. The van der Waals surface area contributed by atoms with Crippen molar-refractivity contribution in [3.05, 3.63) is 34.9 Å². The van der Waals surface area contributed by atoms with E-state index in [-0.39, 0.29) is 5.92 Å². The molecule has 0 amide bonds. The van der Waals surface area contributed by atoms with E-state index in [9.17, 15) is 4.79 Å². The van der Waals surface area contributed by atoms with E-state index in [0.29, 0.717) is 5.92 Å². The van der Waals surface area contributed by atoms with E-state index in [2.05, 4.69) is 32.0 Å². The molecule has 2 rings (SSSR count). The van der Waals surface area contributed by atoms with Crippen molar-refractivity contribution in [3.8, 4) is 0 Å². The minimum absolute atomic E-state index is 0.144. The molecule has 0 spiro atoms. The fourth-order valence-corrected chi connectivity index (χ4v) is 2.98. The first-order chi connectivity index (χ1) is 8.08. The van der Waals surface area contributed by atoms with Gasteiger partial charge in [0.15, 0.2) is 0 Å². The topological polar surface area (TPSA) is 37.3 Å². The van der Waals surface area contributed by atoms with Gasteiger partial charge in [-0.25, -0.2) is 0 Å². The maximum Gasteiger partial charge on any atom is 0.306 e. The summed E-state index contributed by atoms with van der Waals surface area (Å²) in [6.45, 7) is 4.23. The summed E-state index contributed by atoms with van der Waals surface area (Å²) in [5.41, 5.74) is 3.93. The molecule has 2 unspecified atom stereocenters. The molecule has 0 radical (unpaired) electrons. The minimum atomic E-state index is -0.625. The molecule has 1 aromatic carbocycles. The molecule has 0 saturated heterocycles. The first-order valence-corrected chi connectivity index (χ1v) is 6.38. The van der Waals surface area contributed by atoms with Gasteiger partial charge in [0.05, 0.1) is 5.92 Å². The van der Waals surface area contributed by atoms with Gasteiger partial charge in [0.25, 0.3) is 0 Å². The SMILES string of the molecule is Cc1ccc(C2CCCC(C(=O)O)C2)c(C)c1. The lowest BCUT2D eigenvalue weighted by atomic mass is 9.77. The Hall–Kier alpha value is -1.31. The summed E-state index contributed by atoms with van der Waals surface area (Å²) in [5, 5.41) is 9.12. The van der Waals surface area contributed by atoms with Crippen molar-refractivity contribution in [1.82, 2.24) is 0 Å². The van der Waals surface area contributed by atoms with Crippen molar-refractivity contribution in [2.45, 2.75) is 45.4 Å². The van der Waals surface area contributed by atoms with Gasteiger partial charge in [-0.05, 0) is 50.2 Å². The highest BCUT2D eigenvalue weighted by molar-refractivity contribution is 5.70. The summed E-state index contributed by atoms with van der Waals surface area (Å²) in [7, 11) is 0. The summed E-state index contributed by atoms with van der Waals surface area (Å²) in [5.74, 6) is -0.334. The van der Waals surface area contributed by atoms with Gasteiger partial charge in [-0.2, -0.15) is 0 Å². The lowest BCUT2D eigenvalue weighted by molar-refractivity contribution is -0.142. The molecule has 2 nitrogen and oxygen atoms in total. The maximum absolute atomic E-state index is 11.1. The molecular formula is C15H20O2. The largest absolute Gasteiger partial charge is 0.481 e. The van der Waals surface area contributed by atoms with E-state index in [1.54, 1.807) is 0 Å². The third kappa shape index (κ3) is 2.68. The Kier molecular flexibility index (Phi) is 3.51. The number of hydrogen-bond donors (Lipinski definition) is 1. The van der Waals surface area contributed by atoms with Crippen molar-refractivity contribution in [1.29, 1.82) is 0 Å². The van der Waals surface area contributed by atoms with Crippen LogP contribution < -0.4 is 0 Å². The average Bonchev–Trinajstić information content (AvgIpc) is 2.29. The lowest BCUT2D eigenvalue weighted by Crippen LogP contribution is -2.21. The van der Waals surface area contributed by atoms with Crippen LogP contribution >= 0.6 is 0 Å². The molecule has 0 bridgehead atoms. The van der Waals surface area contributed by atoms with E-state index in [1.165, 1.54) is 16.7 Å². The second-order valence-corrected chi connectivity index (χ2v) is 5.26. The van der Waals surface area contributed by atoms with E-state index < -0.39 is 5.97 Å². The smallest absolute Gasteiger partial charge is 0.306 e. The molecule has 1 fully saturated rings. The van der Waals surface area contributed by atoms with Crippen LogP contribution in [0.3, 0.4) is 0 Å². The molecular weight excluding hydrogens is 212 g/mol. The van der Waals surface area contributed by atoms with Gasteiger partial charge in [-0.3, -0.25) is 4.79 Å². The second-order valence-electron chi connectivity index (χ2n) is 5.26. The number of carbonyl (C=O) groups is 1. The Bertz CT molecular complexity index is 423. The van der Waals surface area contributed by atoms with Crippen molar-refractivity contribution in [2.24, 2.45) is 5.92 Å². The molecule has 1 N–H and O–H groups in total. The molecule has 1 aromatic rings. The first-order valence-electron chi connectivity index (χ1n) is 6.38. The molecule has 1 aliphatic carbocycles. The summed E-state index contributed by atoms with van der Waals surface area (Å²) in [6, 6.07) is 6.51. The molecule has 2 heteroatoms. The van der Waals surface area contributed by atoms with E-state index >= 15 is 0 Å². The van der Waals surface area contributed by atoms with Gasteiger partial charge in [0.2, 0.25) is 0 Å². The summed E-state index contributed by atoms with van der Waals surface area (Å²) >= 11 is 0. The molecule has 17 heavy (non-hydrogen) atoms. The predicted molar refractivity (Wildman–Crippen MR) is 68.3 cm³/mol. The Morgan fingerprint density at radius 2 is 2.06 bits per heavy atom. The third-order valence-electron chi connectivity index (χ3n) is 3.89. The van der Waals surface area contributed by atoms with Gasteiger partial charge in [0.1, 0.15) is 0 Å². The van der Waals surface area contributed by atoms with Gasteiger partial charge < -0.3 is 5.11 Å². The van der Waals surface area contributed by atoms with Crippen LogP contribution in [-0.4, -0.2) is 11.1 Å². The summed E-state index contributed by atoms with van der Waals surface area (Å²) < 4.78 is 0. The molecule has 0 aromatic heterocycles. The Labute approximate surface area is 103 Å². The first kappa shape index (κ1) is 12.2. The highest BCUT2D eigenvalue weighted by Crippen LogP contribution is 2.37. The standard InChI is InChI=1S/C15H20O2/c1-10-6-7-14(11(2)8-10)12-4-3-5-13(9-12)15(16)17/h6-8,12-13H,3-5,9H2,1-2H3,(H,16,17). The number of carboxylic acid groups (broad SMARTS) is 1. The summed E-state index contributed by atoms with van der Waals surface area (Å²) in [6.07, 6.45) is 3.82. The number of aryl methyl sites for hydroxylation is 2. The van der Waals surface area contributed by atoms with E-state index in [1.807, 2.05) is 0 Å². The Balaban J connectivity index is 2.19. The molecule has 0 heterocycles. The number of aliphatic carboxylic acids is 1. The van der Waals surface area contributed by atoms with Crippen LogP contribution in [0.15, 0.2) is 18.2 Å². The summed E-state index contributed by atoms with van der Waals surface area (Å²) in [4.78, 5) is 11.1. The quantitative estimate of drug-likeness (QED) is 0.844. The van der Waals surface area contributed by atoms with Crippen molar-refractivity contribution in [2.75, 3.05) is 0 Å². The molecule has 1 aliphatic rings. The van der Waals surface area contributed by atoms with Gasteiger partial charge in [-0.15, -0.1) is 0 Å². The molecule has 1 saturated carbocycles. The minimum Gasteiger partial charge on any atom is -0.481 e. The van der Waals surface area contributed by atoms with Gasteiger partial charge in [-0.1, -0.05) is 30.2 Å². The van der Waals surface area contributed by atoms with Crippen LogP contribution in [0.1, 0.15) is 48.3 Å². The molecule has 0 aliphatic heterocycles. The number of carboxylic acids is 1. The third-order valence-corrected chi connectivity index (χ3v) is 3.89. The van der Waals surface area contributed by atoms with Gasteiger partial charge in [0, 0.05) is 0 Å². The monoisotopic (exact) mass is 232 g/mol. The van der Waals surface area contributed by atoms with Crippen molar-refractivity contribution in [3.63, 3.8) is 0 Å². The predicted octanol–water partition coefficient (Wildman–Crippen LogP) is 3.66. The zero-order valence-electron chi connectivity index (χ0n) is 10.6. The van der Waals surface area contributed by atoms with Crippen LogP contribution in [0.25, 0.3) is 0 Å². The fraction of sp³-hybridized carbons (Fsp3) is 0.533. The zero-order chi connectivity index (χ0) is 12.4. The fourth-order valence-electron chi connectivity index (χ4n) is 2.98. The highest BCUT2D eigenvalue weighted by atomic mass is 16.4. The number of benzene rings is 1. The Morgan fingerprint density at radius 1 is 1.29 bits per heavy atom. The van der Waals surface area contributed by atoms with Crippen molar-refractivity contribution >= 4 is 5.97 Å². The Morgan fingerprint density at radius 3 is 2.71 bits per heavy atom. The molecule has 92 valence electrons. The van der Waals surface area contributed by atoms with E-state index in [0.717, 1.165) is 25.7 Å². The van der Waals surface area contributed by atoms with Crippen molar-refractivity contribution < 1.29 is 9.90 Å². The highest BCUT2D eigenvalue weighted by Gasteiger charge is 2.28. The van der Waals surface area contributed by atoms with Crippen LogP contribution in [0, 0.1) is 19.8 Å². The average molecular weight is 232 g/mol. The second kappa shape index (κ2) is 4.91. The van der Waals surface area contributed by atoms with Crippen LogP contribution in [0.4, 0.5) is 0 Å². The van der Waals surface area contributed by atoms with Gasteiger partial charge >= 0.3 is 5.97 Å². The molecule has 2 atom stereocenters. The van der Waals surface area contributed by atoms with Crippen LogP contribution in [0.5, 0.6) is 0 Å². The van der Waals surface area contributed by atoms with Crippen LogP contribution in [0.2, 0.25) is 0 Å². The normalized spacial score (nSPS) is 24.6. The van der Waals surface area contributed by atoms with Crippen LogP contribution in [-0.2, 0) is 4.79 Å². The maximum atomic E-state index is 11.1. The lowest BCUT2D eigenvalue weighted by Gasteiger charge is -2.28. The number of hydrogen-bond acceptors (Lipinski definition) is 1. The number of rotatable bonds is 2. The van der Waals surface area contributed by atoms with E-state index in [4.69, 9.17) is 5.11 Å².